The molecule has 124 valence electrons. The summed E-state index contributed by atoms with van der Waals surface area (Å²) in [7, 11) is 1.23. The van der Waals surface area contributed by atoms with Gasteiger partial charge < -0.3 is 9.64 Å². The molecule has 24 heavy (non-hydrogen) atoms. The number of methoxy groups -OCH3 is 1. The summed E-state index contributed by atoms with van der Waals surface area (Å²) in [5, 5.41) is -0.121. The van der Waals surface area contributed by atoms with E-state index in [0.717, 1.165) is 10.0 Å². The monoisotopic (exact) mass is 411 g/mol. The molecule has 3 rings (SSSR count). The Morgan fingerprint density at radius 2 is 2.21 bits per heavy atom. The number of hydrogen-bond acceptors (Lipinski definition) is 3. The van der Waals surface area contributed by atoms with Crippen molar-refractivity contribution in [3.63, 3.8) is 0 Å². The number of halogens is 3. The molecule has 1 heterocycles. The van der Waals surface area contributed by atoms with Crippen LogP contribution in [0.2, 0.25) is 5.02 Å². The Balaban J connectivity index is 2.10. The number of fused-ring (bicyclic) bond motifs is 1. The van der Waals surface area contributed by atoms with Crippen molar-refractivity contribution in [2.45, 2.75) is 6.42 Å². The number of benzene rings is 2. The van der Waals surface area contributed by atoms with Crippen molar-refractivity contribution in [3.8, 4) is 5.75 Å². The molecule has 0 saturated carbocycles. The second kappa shape index (κ2) is 6.53. The first-order valence-corrected chi connectivity index (χ1v) is 8.27. The molecule has 2 aromatic carbocycles. The van der Waals surface area contributed by atoms with Crippen LogP contribution in [0.1, 0.15) is 26.3 Å². The fraction of sp³-hybridized carbons (Fsp3) is 0.176. The van der Waals surface area contributed by atoms with Gasteiger partial charge in [-0.05, 0) is 30.2 Å². The van der Waals surface area contributed by atoms with E-state index < -0.39 is 11.7 Å². The molecule has 0 aliphatic carbocycles. The minimum atomic E-state index is -0.930. The van der Waals surface area contributed by atoms with Crippen LogP contribution in [0.5, 0.6) is 5.75 Å². The molecule has 1 aliphatic rings. The number of ether oxygens (including phenoxy) is 1. The third-order valence-electron chi connectivity index (χ3n) is 3.96. The maximum atomic E-state index is 14.7. The topological polar surface area (TPSA) is 46.6 Å². The molecule has 0 unspecified atom stereocenters. The summed E-state index contributed by atoms with van der Waals surface area (Å²) in [5.41, 5.74) is 1.36. The molecule has 0 spiro atoms. The van der Waals surface area contributed by atoms with Gasteiger partial charge in [-0.15, -0.1) is 0 Å². The lowest BCUT2D eigenvalue weighted by Gasteiger charge is -2.20. The van der Waals surface area contributed by atoms with Crippen LogP contribution in [0.3, 0.4) is 0 Å². The maximum Gasteiger partial charge on any atom is 0.262 e. The van der Waals surface area contributed by atoms with Crippen LogP contribution in [0, 0.1) is 5.82 Å². The summed E-state index contributed by atoms with van der Waals surface area (Å²) in [6, 6.07) is 6.74. The highest BCUT2D eigenvalue weighted by Crippen LogP contribution is 2.37. The molecule has 2 aromatic rings. The Bertz CT molecular complexity index is 856. The van der Waals surface area contributed by atoms with Crippen LogP contribution in [0.15, 0.2) is 28.7 Å². The van der Waals surface area contributed by atoms with E-state index in [1.54, 1.807) is 6.07 Å². The van der Waals surface area contributed by atoms with Crippen LogP contribution < -0.4 is 9.64 Å². The van der Waals surface area contributed by atoms with E-state index in [4.69, 9.17) is 16.3 Å². The Labute approximate surface area is 151 Å². The van der Waals surface area contributed by atoms with Crippen molar-refractivity contribution >= 4 is 45.4 Å². The summed E-state index contributed by atoms with van der Waals surface area (Å²) >= 11 is 9.52. The highest BCUT2D eigenvalue weighted by atomic mass is 79.9. The van der Waals surface area contributed by atoms with E-state index in [1.807, 2.05) is 12.1 Å². The number of nitrogens with zero attached hydrogens (tertiary/aromatic N) is 1. The van der Waals surface area contributed by atoms with E-state index in [-0.39, 0.29) is 21.9 Å². The molecule has 0 aromatic heterocycles. The average molecular weight is 413 g/mol. The summed E-state index contributed by atoms with van der Waals surface area (Å²) in [6.45, 7) is 0.421. The number of aldehydes is 1. The number of carbonyl (C=O) groups excluding carboxylic acids is 2. The SMILES string of the molecule is COc1c(C=O)cc(Cl)c(C(=O)N2CCc3c(Br)cccc32)c1F. The van der Waals surface area contributed by atoms with E-state index >= 15 is 0 Å². The number of hydrogen-bond donors (Lipinski definition) is 0. The maximum absolute atomic E-state index is 14.7. The fourth-order valence-corrected chi connectivity index (χ4v) is 3.68. The third-order valence-corrected chi connectivity index (χ3v) is 5.00. The Morgan fingerprint density at radius 3 is 2.88 bits per heavy atom. The lowest BCUT2D eigenvalue weighted by molar-refractivity contribution is 0.0983. The van der Waals surface area contributed by atoms with Crippen molar-refractivity contribution in [2.75, 3.05) is 18.6 Å². The zero-order chi connectivity index (χ0) is 17.4. The predicted molar refractivity (Wildman–Crippen MR) is 92.9 cm³/mol. The summed E-state index contributed by atoms with van der Waals surface area (Å²) < 4.78 is 20.5. The van der Waals surface area contributed by atoms with Gasteiger partial charge in [-0.3, -0.25) is 9.59 Å². The molecule has 0 radical (unpaired) electrons. The van der Waals surface area contributed by atoms with Crippen molar-refractivity contribution in [1.29, 1.82) is 0 Å². The zero-order valence-corrected chi connectivity index (χ0v) is 14.9. The van der Waals surface area contributed by atoms with Gasteiger partial charge in [-0.1, -0.05) is 33.6 Å². The van der Waals surface area contributed by atoms with E-state index in [1.165, 1.54) is 18.1 Å². The predicted octanol–water partition coefficient (Wildman–Crippen LogP) is 4.27. The normalized spacial score (nSPS) is 12.9. The Hall–Kier alpha value is -1.92. The third kappa shape index (κ3) is 2.59. The molecule has 0 N–H and O–H groups in total. The van der Waals surface area contributed by atoms with Gasteiger partial charge in [-0.2, -0.15) is 0 Å². The molecule has 1 amide bonds. The van der Waals surface area contributed by atoms with Gasteiger partial charge in [-0.25, -0.2) is 4.39 Å². The summed E-state index contributed by atoms with van der Waals surface area (Å²) in [4.78, 5) is 25.4. The number of amides is 1. The highest BCUT2D eigenvalue weighted by molar-refractivity contribution is 9.10. The lowest BCUT2D eigenvalue weighted by Crippen LogP contribution is -2.30. The van der Waals surface area contributed by atoms with Crippen molar-refractivity contribution < 1.29 is 18.7 Å². The lowest BCUT2D eigenvalue weighted by atomic mass is 10.1. The van der Waals surface area contributed by atoms with Gasteiger partial charge in [0.05, 0.1) is 23.3 Å². The number of carbonyl (C=O) groups is 2. The molecule has 7 heteroatoms. The van der Waals surface area contributed by atoms with Crippen molar-refractivity contribution in [2.24, 2.45) is 0 Å². The Kier molecular flexibility index (Phi) is 4.60. The van der Waals surface area contributed by atoms with E-state index in [0.29, 0.717) is 24.9 Å². The van der Waals surface area contributed by atoms with Gasteiger partial charge in [0.15, 0.2) is 17.9 Å². The quantitative estimate of drug-likeness (QED) is 0.708. The van der Waals surface area contributed by atoms with Gasteiger partial charge in [0, 0.05) is 16.7 Å². The molecule has 0 saturated heterocycles. The number of rotatable bonds is 3. The minimum Gasteiger partial charge on any atom is -0.493 e. The molecule has 0 bridgehead atoms. The van der Waals surface area contributed by atoms with E-state index in [9.17, 15) is 14.0 Å². The van der Waals surface area contributed by atoms with Crippen molar-refractivity contribution in [3.05, 3.63) is 56.3 Å². The smallest absolute Gasteiger partial charge is 0.262 e. The standard InChI is InChI=1S/C17H12BrClFNO3/c1-24-16-9(8-22)7-12(19)14(15(16)20)17(23)21-6-5-10-11(18)3-2-4-13(10)21/h2-4,7-8H,5-6H2,1H3. The van der Waals surface area contributed by atoms with Crippen LogP contribution in [0.25, 0.3) is 0 Å². The van der Waals surface area contributed by atoms with E-state index in [2.05, 4.69) is 15.9 Å². The summed E-state index contributed by atoms with van der Waals surface area (Å²) in [5.74, 6) is -1.78. The zero-order valence-electron chi connectivity index (χ0n) is 12.6. The second-order valence-electron chi connectivity index (χ2n) is 5.23. The van der Waals surface area contributed by atoms with Crippen LogP contribution in [-0.4, -0.2) is 25.8 Å². The Morgan fingerprint density at radius 1 is 1.46 bits per heavy atom. The van der Waals surface area contributed by atoms with Gasteiger partial charge in [0.2, 0.25) is 0 Å². The van der Waals surface area contributed by atoms with Gasteiger partial charge in [0.1, 0.15) is 0 Å². The largest absolute Gasteiger partial charge is 0.493 e. The van der Waals surface area contributed by atoms with Crippen LogP contribution in [0.4, 0.5) is 10.1 Å². The molecular formula is C17H12BrClFNO3. The molecule has 1 aliphatic heterocycles. The first-order valence-electron chi connectivity index (χ1n) is 7.10. The van der Waals surface area contributed by atoms with Gasteiger partial charge >= 0.3 is 0 Å². The average Bonchev–Trinajstić information content (AvgIpc) is 2.99. The first kappa shape index (κ1) is 16.9. The van der Waals surface area contributed by atoms with Crippen LogP contribution in [-0.2, 0) is 6.42 Å². The highest BCUT2D eigenvalue weighted by Gasteiger charge is 2.31. The second-order valence-corrected chi connectivity index (χ2v) is 6.49. The van der Waals surface area contributed by atoms with Crippen molar-refractivity contribution in [1.82, 2.24) is 0 Å². The molecule has 0 atom stereocenters. The molecule has 0 fully saturated rings. The summed E-state index contributed by atoms with van der Waals surface area (Å²) in [6.07, 6.45) is 1.09. The molecular weight excluding hydrogens is 401 g/mol. The molecule has 4 nitrogen and oxygen atoms in total. The fourth-order valence-electron chi connectivity index (χ4n) is 2.85. The number of anilines is 1. The first-order chi connectivity index (χ1) is 11.5. The van der Waals surface area contributed by atoms with Gasteiger partial charge in [0.25, 0.3) is 5.91 Å². The van der Waals surface area contributed by atoms with Crippen LogP contribution >= 0.6 is 27.5 Å². The minimum absolute atomic E-state index is 0.0406.